The van der Waals surface area contributed by atoms with Gasteiger partial charge in [0, 0.05) is 24.0 Å². The molecule has 1 aromatic carbocycles. The monoisotopic (exact) mass is 230 g/mol. The summed E-state index contributed by atoms with van der Waals surface area (Å²) >= 11 is 0. The van der Waals surface area contributed by atoms with Crippen LogP contribution in [0.25, 0.3) is 5.70 Å². The van der Waals surface area contributed by atoms with Gasteiger partial charge in [-0.25, -0.2) is 0 Å². The molecule has 1 amide bonds. The van der Waals surface area contributed by atoms with Crippen LogP contribution in [0.3, 0.4) is 0 Å². The molecule has 17 heavy (non-hydrogen) atoms. The fourth-order valence-electron chi connectivity index (χ4n) is 2.26. The molecule has 0 saturated carbocycles. The molecule has 0 aromatic heterocycles. The summed E-state index contributed by atoms with van der Waals surface area (Å²) in [7, 11) is 1.86. The molecule has 0 aliphatic carbocycles. The van der Waals surface area contributed by atoms with Crippen LogP contribution < -0.4 is 10.6 Å². The van der Waals surface area contributed by atoms with Crippen LogP contribution in [-0.2, 0) is 6.42 Å². The highest BCUT2D eigenvalue weighted by Crippen LogP contribution is 2.33. The highest BCUT2D eigenvalue weighted by atomic mass is 16.1. The van der Waals surface area contributed by atoms with Gasteiger partial charge in [0.25, 0.3) is 5.91 Å². The molecule has 1 aliphatic heterocycles. The van der Waals surface area contributed by atoms with Crippen molar-refractivity contribution in [2.75, 3.05) is 12.4 Å². The molecule has 0 fully saturated rings. The highest BCUT2D eigenvalue weighted by molar-refractivity contribution is 6.12. The molecule has 1 heterocycles. The number of anilines is 1. The van der Waals surface area contributed by atoms with Crippen LogP contribution in [0.1, 0.15) is 41.3 Å². The summed E-state index contributed by atoms with van der Waals surface area (Å²) in [4.78, 5) is 11.9. The van der Waals surface area contributed by atoms with Gasteiger partial charge in [-0.3, -0.25) is 4.79 Å². The predicted octanol–water partition coefficient (Wildman–Crippen LogP) is 2.79. The number of nitrogens with one attached hydrogen (secondary N) is 2. The van der Waals surface area contributed by atoms with E-state index < -0.39 is 0 Å². The molecule has 0 bridgehead atoms. The Morgan fingerprint density at radius 2 is 2.12 bits per heavy atom. The number of amides is 1. The van der Waals surface area contributed by atoms with E-state index in [9.17, 15) is 4.79 Å². The molecular formula is C14H18N2O. The number of benzene rings is 1. The molecule has 2 rings (SSSR count). The Bertz CT molecular complexity index is 477. The number of hydrogen-bond donors (Lipinski definition) is 2. The van der Waals surface area contributed by atoms with Gasteiger partial charge in [0.2, 0.25) is 0 Å². The second kappa shape index (κ2) is 4.62. The normalized spacial score (nSPS) is 13.5. The second-order valence-electron chi connectivity index (χ2n) is 4.31. The lowest BCUT2D eigenvalue weighted by Gasteiger charge is -2.10. The van der Waals surface area contributed by atoms with Crippen LogP contribution in [-0.4, -0.2) is 13.0 Å². The van der Waals surface area contributed by atoms with Gasteiger partial charge >= 0.3 is 0 Å². The molecule has 0 atom stereocenters. The second-order valence-corrected chi connectivity index (χ2v) is 4.31. The third-order valence-electron chi connectivity index (χ3n) is 3.15. The first-order chi connectivity index (χ1) is 8.19. The van der Waals surface area contributed by atoms with Gasteiger partial charge in [-0.05, 0) is 24.5 Å². The van der Waals surface area contributed by atoms with E-state index in [0.29, 0.717) is 5.70 Å². The Morgan fingerprint density at radius 3 is 2.76 bits per heavy atom. The van der Waals surface area contributed by atoms with E-state index in [1.807, 2.05) is 19.2 Å². The van der Waals surface area contributed by atoms with Crippen molar-refractivity contribution in [3.8, 4) is 0 Å². The summed E-state index contributed by atoms with van der Waals surface area (Å²) in [5.41, 5.74) is 4.52. The molecule has 1 aromatic rings. The lowest BCUT2D eigenvalue weighted by atomic mass is 9.96. The molecule has 90 valence electrons. The van der Waals surface area contributed by atoms with Crippen LogP contribution in [0.5, 0.6) is 0 Å². The molecule has 0 saturated heterocycles. The Hall–Kier alpha value is -1.77. The van der Waals surface area contributed by atoms with Gasteiger partial charge in [0.15, 0.2) is 0 Å². The van der Waals surface area contributed by atoms with E-state index in [0.717, 1.165) is 41.6 Å². The van der Waals surface area contributed by atoms with Crippen molar-refractivity contribution in [1.29, 1.82) is 0 Å². The van der Waals surface area contributed by atoms with Crippen molar-refractivity contribution >= 4 is 17.3 Å². The maximum absolute atomic E-state index is 11.9. The largest absolute Gasteiger partial charge is 0.388 e. The minimum atomic E-state index is -0.0202. The minimum Gasteiger partial charge on any atom is -0.388 e. The molecular weight excluding hydrogens is 212 g/mol. The number of aryl methyl sites for hydroxylation is 1. The van der Waals surface area contributed by atoms with Crippen molar-refractivity contribution < 1.29 is 4.79 Å². The number of rotatable bonds is 4. The van der Waals surface area contributed by atoms with Gasteiger partial charge in [-0.2, -0.15) is 0 Å². The fraction of sp³-hybridized carbons (Fsp3) is 0.357. The fourth-order valence-corrected chi connectivity index (χ4v) is 2.26. The first-order valence-electron chi connectivity index (χ1n) is 6.03. The molecule has 1 aliphatic rings. The van der Waals surface area contributed by atoms with Crippen molar-refractivity contribution in [2.24, 2.45) is 0 Å². The number of carbonyl (C=O) groups excluding carboxylic acids is 1. The standard InChI is InChI=1S/C14H18N2O/c1-4-5-6-10-7-8-11(15-3)12-9(2)16-14(17)13(10)12/h7-8,15H,2,4-6H2,1,3H3,(H,16,17). The first kappa shape index (κ1) is 11.7. The highest BCUT2D eigenvalue weighted by Gasteiger charge is 2.27. The number of unbranched alkanes of at least 4 members (excludes halogenated alkanes) is 1. The van der Waals surface area contributed by atoms with E-state index in [1.165, 1.54) is 0 Å². The summed E-state index contributed by atoms with van der Waals surface area (Å²) in [5, 5.41) is 5.91. The summed E-state index contributed by atoms with van der Waals surface area (Å²) in [6.45, 7) is 6.06. The maximum atomic E-state index is 11.9. The summed E-state index contributed by atoms with van der Waals surface area (Å²) in [5.74, 6) is -0.0202. The third kappa shape index (κ3) is 1.93. The summed E-state index contributed by atoms with van der Waals surface area (Å²) < 4.78 is 0. The molecule has 0 unspecified atom stereocenters. The van der Waals surface area contributed by atoms with E-state index in [-0.39, 0.29) is 5.91 Å². The van der Waals surface area contributed by atoms with Gasteiger partial charge in [-0.15, -0.1) is 0 Å². The summed E-state index contributed by atoms with van der Waals surface area (Å²) in [6.07, 6.45) is 3.18. The smallest absolute Gasteiger partial charge is 0.256 e. The van der Waals surface area contributed by atoms with Crippen LogP contribution in [0, 0.1) is 0 Å². The van der Waals surface area contributed by atoms with E-state index in [4.69, 9.17) is 0 Å². The van der Waals surface area contributed by atoms with Crippen LogP contribution >= 0.6 is 0 Å². The zero-order chi connectivity index (χ0) is 12.4. The molecule has 2 N–H and O–H groups in total. The maximum Gasteiger partial charge on any atom is 0.256 e. The number of fused-ring (bicyclic) bond motifs is 1. The SMILES string of the molecule is C=C1NC(=O)c2c(CCCC)ccc(NC)c21. The van der Waals surface area contributed by atoms with Crippen LogP contribution in [0.4, 0.5) is 5.69 Å². The lowest BCUT2D eigenvalue weighted by molar-refractivity contribution is 0.0980. The Kier molecular flexibility index (Phi) is 3.18. The van der Waals surface area contributed by atoms with Crippen LogP contribution in [0.15, 0.2) is 18.7 Å². The van der Waals surface area contributed by atoms with Crippen molar-refractivity contribution in [3.63, 3.8) is 0 Å². The van der Waals surface area contributed by atoms with Gasteiger partial charge < -0.3 is 10.6 Å². The molecule has 0 radical (unpaired) electrons. The number of hydrogen-bond acceptors (Lipinski definition) is 2. The Labute approximate surface area is 102 Å². The third-order valence-corrected chi connectivity index (χ3v) is 3.15. The van der Waals surface area contributed by atoms with Gasteiger partial charge in [0.05, 0.1) is 5.56 Å². The summed E-state index contributed by atoms with van der Waals surface area (Å²) in [6, 6.07) is 4.06. The number of carbonyl (C=O) groups is 1. The van der Waals surface area contributed by atoms with E-state index in [2.05, 4.69) is 24.1 Å². The van der Waals surface area contributed by atoms with E-state index >= 15 is 0 Å². The van der Waals surface area contributed by atoms with E-state index in [1.54, 1.807) is 0 Å². The molecule has 3 heteroatoms. The predicted molar refractivity (Wildman–Crippen MR) is 71.1 cm³/mol. The van der Waals surface area contributed by atoms with Crippen molar-refractivity contribution in [1.82, 2.24) is 5.32 Å². The van der Waals surface area contributed by atoms with Gasteiger partial charge in [0.1, 0.15) is 0 Å². The van der Waals surface area contributed by atoms with Crippen molar-refractivity contribution in [3.05, 3.63) is 35.4 Å². The molecule has 0 spiro atoms. The zero-order valence-corrected chi connectivity index (χ0v) is 10.4. The van der Waals surface area contributed by atoms with Crippen LogP contribution in [0.2, 0.25) is 0 Å². The molecule has 3 nitrogen and oxygen atoms in total. The lowest BCUT2D eigenvalue weighted by Crippen LogP contribution is -2.13. The average molecular weight is 230 g/mol. The van der Waals surface area contributed by atoms with Gasteiger partial charge in [-0.1, -0.05) is 26.0 Å². The Morgan fingerprint density at radius 1 is 1.35 bits per heavy atom. The topological polar surface area (TPSA) is 41.1 Å². The minimum absolute atomic E-state index is 0.0202. The Balaban J connectivity index is 2.51. The first-order valence-corrected chi connectivity index (χ1v) is 6.03. The van der Waals surface area contributed by atoms with Crippen molar-refractivity contribution in [2.45, 2.75) is 26.2 Å². The average Bonchev–Trinajstić information content (AvgIpc) is 2.63. The quantitative estimate of drug-likeness (QED) is 0.835. The zero-order valence-electron chi connectivity index (χ0n) is 10.4.